The van der Waals surface area contributed by atoms with E-state index in [4.69, 9.17) is 21.1 Å². The first-order valence-electron chi connectivity index (χ1n) is 10.8. The first kappa shape index (κ1) is 22.5. The molecule has 168 valence electrons. The average molecular weight is 449 g/mol. The van der Waals surface area contributed by atoms with Crippen LogP contribution in [0.3, 0.4) is 0 Å². The van der Waals surface area contributed by atoms with Crippen LogP contribution in [0, 0.1) is 0 Å². The van der Waals surface area contributed by atoms with E-state index in [1.165, 1.54) is 12.8 Å². The van der Waals surface area contributed by atoms with Gasteiger partial charge in [-0.1, -0.05) is 35.9 Å². The number of ether oxygens (including phenoxy) is 2. The first-order chi connectivity index (χ1) is 15.0. The molecule has 0 amide bonds. The lowest BCUT2D eigenvalue weighted by molar-refractivity contribution is -0.231. The van der Waals surface area contributed by atoms with E-state index in [1.54, 1.807) is 12.1 Å². The zero-order valence-electron chi connectivity index (χ0n) is 17.2. The molecule has 2 aromatic rings. The maximum Gasteiger partial charge on any atom is 0.119 e. The SMILES string of the molecule is OC[C@H]1O[C@@H](c2ccc(Cl)c(Cc3ccc(OC4CCCC4)cc3)c2)[C@H](O)C(O)[C@@H]1O. The molecule has 1 heterocycles. The van der Waals surface area contributed by atoms with Crippen LogP contribution >= 0.6 is 11.6 Å². The Kier molecular flexibility index (Phi) is 7.16. The fourth-order valence-electron chi connectivity index (χ4n) is 4.39. The summed E-state index contributed by atoms with van der Waals surface area (Å²) in [6, 6.07) is 13.3. The summed E-state index contributed by atoms with van der Waals surface area (Å²) in [5.74, 6) is 0.872. The molecule has 6 nitrogen and oxygen atoms in total. The highest BCUT2D eigenvalue weighted by Gasteiger charge is 2.44. The Labute approximate surface area is 187 Å². The highest BCUT2D eigenvalue weighted by Crippen LogP contribution is 2.34. The van der Waals surface area contributed by atoms with Gasteiger partial charge in [-0.05, 0) is 67.0 Å². The Morgan fingerprint density at radius 3 is 2.32 bits per heavy atom. The minimum Gasteiger partial charge on any atom is -0.490 e. The van der Waals surface area contributed by atoms with Gasteiger partial charge in [0.05, 0.1) is 12.7 Å². The second kappa shape index (κ2) is 9.86. The van der Waals surface area contributed by atoms with Gasteiger partial charge < -0.3 is 29.9 Å². The zero-order chi connectivity index (χ0) is 22.0. The van der Waals surface area contributed by atoms with E-state index in [1.807, 2.05) is 30.3 Å². The largest absolute Gasteiger partial charge is 0.490 e. The Morgan fingerprint density at radius 2 is 1.65 bits per heavy atom. The van der Waals surface area contributed by atoms with E-state index in [0.717, 1.165) is 29.7 Å². The van der Waals surface area contributed by atoms with Gasteiger partial charge in [-0.25, -0.2) is 0 Å². The summed E-state index contributed by atoms with van der Waals surface area (Å²) < 4.78 is 11.7. The normalized spacial score (nSPS) is 29.3. The summed E-state index contributed by atoms with van der Waals surface area (Å²) in [6.45, 7) is -0.461. The third-order valence-electron chi connectivity index (χ3n) is 6.21. The second-order valence-electron chi connectivity index (χ2n) is 8.45. The summed E-state index contributed by atoms with van der Waals surface area (Å²) in [6.07, 6.45) is -0.371. The van der Waals surface area contributed by atoms with Crippen molar-refractivity contribution in [2.24, 2.45) is 0 Å². The van der Waals surface area contributed by atoms with Crippen molar-refractivity contribution >= 4 is 11.6 Å². The van der Waals surface area contributed by atoms with Crippen LogP contribution in [0.15, 0.2) is 42.5 Å². The van der Waals surface area contributed by atoms with Crippen molar-refractivity contribution in [3.8, 4) is 5.75 Å². The Hall–Kier alpha value is -1.67. The quantitative estimate of drug-likeness (QED) is 0.542. The lowest BCUT2D eigenvalue weighted by Crippen LogP contribution is -2.55. The van der Waals surface area contributed by atoms with Gasteiger partial charge >= 0.3 is 0 Å². The number of hydrogen-bond acceptors (Lipinski definition) is 6. The van der Waals surface area contributed by atoms with E-state index in [0.29, 0.717) is 23.1 Å². The highest BCUT2D eigenvalue weighted by atomic mass is 35.5. The molecule has 1 aliphatic heterocycles. The predicted octanol–water partition coefficient (Wildman–Crippen LogP) is 2.77. The van der Waals surface area contributed by atoms with Crippen LogP contribution in [0.4, 0.5) is 0 Å². The third kappa shape index (κ3) is 5.06. The van der Waals surface area contributed by atoms with Crippen LogP contribution in [-0.2, 0) is 11.2 Å². The molecule has 7 heteroatoms. The fourth-order valence-corrected chi connectivity index (χ4v) is 4.57. The van der Waals surface area contributed by atoms with Crippen LogP contribution in [-0.4, -0.2) is 57.6 Å². The van der Waals surface area contributed by atoms with Crippen molar-refractivity contribution in [2.75, 3.05) is 6.61 Å². The van der Waals surface area contributed by atoms with Crippen molar-refractivity contribution in [1.82, 2.24) is 0 Å². The molecule has 4 N–H and O–H groups in total. The van der Waals surface area contributed by atoms with Crippen molar-refractivity contribution in [3.63, 3.8) is 0 Å². The highest BCUT2D eigenvalue weighted by molar-refractivity contribution is 6.31. The van der Waals surface area contributed by atoms with Crippen molar-refractivity contribution in [3.05, 3.63) is 64.2 Å². The second-order valence-corrected chi connectivity index (χ2v) is 8.85. The van der Waals surface area contributed by atoms with Crippen molar-refractivity contribution < 1.29 is 29.9 Å². The smallest absolute Gasteiger partial charge is 0.119 e. The molecule has 2 aliphatic rings. The van der Waals surface area contributed by atoms with Gasteiger partial charge in [0.15, 0.2) is 0 Å². The lowest BCUT2D eigenvalue weighted by atomic mass is 9.90. The van der Waals surface area contributed by atoms with E-state index < -0.39 is 37.1 Å². The Balaban J connectivity index is 1.49. The number of rotatable bonds is 6. The molecule has 31 heavy (non-hydrogen) atoms. The number of benzene rings is 2. The summed E-state index contributed by atoms with van der Waals surface area (Å²) >= 11 is 6.42. The van der Waals surface area contributed by atoms with Crippen LogP contribution in [0.2, 0.25) is 5.02 Å². The summed E-state index contributed by atoms with van der Waals surface area (Å²) in [5.41, 5.74) is 2.53. The minimum absolute atomic E-state index is 0.315. The van der Waals surface area contributed by atoms with E-state index in [9.17, 15) is 20.4 Å². The van der Waals surface area contributed by atoms with Crippen LogP contribution in [0.5, 0.6) is 5.75 Å². The monoisotopic (exact) mass is 448 g/mol. The van der Waals surface area contributed by atoms with Gasteiger partial charge in [-0.3, -0.25) is 0 Å². The molecular formula is C24H29ClO6. The number of halogens is 1. The van der Waals surface area contributed by atoms with E-state index >= 15 is 0 Å². The molecular weight excluding hydrogens is 420 g/mol. The number of hydrogen-bond donors (Lipinski definition) is 4. The van der Waals surface area contributed by atoms with Gasteiger partial charge in [-0.2, -0.15) is 0 Å². The summed E-state index contributed by atoms with van der Waals surface area (Å²) in [5, 5.41) is 40.5. The standard InChI is InChI=1S/C24H29ClO6/c25-19-10-7-15(24-23(29)22(28)21(27)20(13-26)31-24)12-16(19)11-14-5-8-18(9-6-14)30-17-3-1-2-4-17/h5-10,12,17,20-24,26-29H,1-4,11,13H2/t20-,21-,22?,23-,24+/m1/s1. The topological polar surface area (TPSA) is 99.4 Å². The van der Waals surface area contributed by atoms with Crippen LogP contribution in [0.25, 0.3) is 0 Å². The molecule has 1 aliphatic carbocycles. The maximum atomic E-state index is 10.4. The van der Waals surface area contributed by atoms with Gasteiger partial charge in [-0.15, -0.1) is 0 Å². The molecule has 0 radical (unpaired) electrons. The average Bonchev–Trinajstić information content (AvgIpc) is 3.28. The summed E-state index contributed by atoms with van der Waals surface area (Å²) in [7, 11) is 0. The van der Waals surface area contributed by atoms with Crippen molar-refractivity contribution in [2.45, 2.75) is 68.7 Å². The number of aliphatic hydroxyl groups is 4. The van der Waals surface area contributed by atoms with Crippen LogP contribution < -0.4 is 4.74 Å². The predicted molar refractivity (Wildman–Crippen MR) is 116 cm³/mol. The lowest BCUT2D eigenvalue weighted by Gasteiger charge is -2.40. The first-order valence-corrected chi connectivity index (χ1v) is 11.2. The summed E-state index contributed by atoms with van der Waals surface area (Å²) in [4.78, 5) is 0. The Morgan fingerprint density at radius 1 is 0.935 bits per heavy atom. The van der Waals surface area contributed by atoms with E-state index in [2.05, 4.69) is 0 Å². The zero-order valence-corrected chi connectivity index (χ0v) is 18.0. The molecule has 0 bridgehead atoms. The molecule has 2 fully saturated rings. The molecule has 4 rings (SSSR count). The molecule has 1 saturated carbocycles. The van der Waals surface area contributed by atoms with Gasteiger partial charge in [0, 0.05) is 5.02 Å². The molecule has 1 saturated heterocycles. The Bertz CT molecular complexity index is 865. The minimum atomic E-state index is -1.41. The molecule has 5 atom stereocenters. The van der Waals surface area contributed by atoms with Gasteiger partial charge in [0.25, 0.3) is 0 Å². The molecule has 0 spiro atoms. The molecule has 2 aromatic carbocycles. The van der Waals surface area contributed by atoms with Crippen LogP contribution in [0.1, 0.15) is 48.5 Å². The van der Waals surface area contributed by atoms with Gasteiger partial charge in [0.2, 0.25) is 0 Å². The van der Waals surface area contributed by atoms with Gasteiger partial charge in [0.1, 0.15) is 36.3 Å². The fraction of sp³-hybridized carbons (Fsp3) is 0.500. The number of aliphatic hydroxyl groups excluding tert-OH is 4. The van der Waals surface area contributed by atoms with Crippen molar-refractivity contribution in [1.29, 1.82) is 0 Å². The molecule has 1 unspecified atom stereocenters. The van der Waals surface area contributed by atoms with E-state index in [-0.39, 0.29) is 0 Å². The maximum absolute atomic E-state index is 10.4. The third-order valence-corrected chi connectivity index (χ3v) is 6.58. The molecule has 0 aromatic heterocycles.